The Bertz CT molecular complexity index is 610. The van der Waals surface area contributed by atoms with Gasteiger partial charge in [-0.25, -0.2) is 4.79 Å². The molecule has 0 unspecified atom stereocenters. The van der Waals surface area contributed by atoms with Gasteiger partial charge in [-0.3, -0.25) is 4.79 Å². The number of nitrogens with one attached hydrogen (secondary N) is 1. The second kappa shape index (κ2) is 8.60. The van der Waals surface area contributed by atoms with Crippen LogP contribution in [0.5, 0.6) is 11.5 Å². The normalized spacial score (nSPS) is 12.1. The van der Waals surface area contributed by atoms with Crippen molar-refractivity contribution < 1.29 is 23.8 Å². The maximum Gasteiger partial charge on any atom is 0.407 e. The molecular formula is C18H28N2O5. The Balaban J connectivity index is 2.69. The smallest absolute Gasteiger partial charge is 0.407 e. The van der Waals surface area contributed by atoms with E-state index in [2.05, 4.69) is 5.32 Å². The van der Waals surface area contributed by atoms with E-state index in [1.165, 1.54) is 19.1 Å². The van der Waals surface area contributed by atoms with Crippen LogP contribution in [0.15, 0.2) is 18.2 Å². The fourth-order valence-electron chi connectivity index (χ4n) is 2.24. The Hall–Kier alpha value is -2.44. The molecule has 7 nitrogen and oxygen atoms in total. The number of carbonyl (C=O) groups is 2. The van der Waals surface area contributed by atoms with Gasteiger partial charge >= 0.3 is 6.09 Å². The van der Waals surface area contributed by atoms with Crippen LogP contribution >= 0.6 is 0 Å². The Morgan fingerprint density at radius 1 is 1.16 bits per heavy atom. The van der Waals surface area contributed by atoms with Crippen LogP contribution in [-0.4, -0.2) is 56.4 Å². The second-order valence-corrected chi connectivity index (χ2v) is 6.80. The first kappa shape index (κ1) is 20.6. The Morgan fingerprint density at radius 3 is 2.28 bits per heavy atom. The molecule has 0 bridgehead atoms. The van der Waals surface area contributed by atoms with Crippen LogP contribution in [0.4, 0.5) is 4.79 Å². The third-order valence-corrected chi connectivity index (χ3v) is 3.29. The van der Waals surface area contributed by atoms with Crippen LogP contribution in [-0.2, 0) is 4.74 Å². The summed E-state index contributed by atoms with van der Waals surface area (Å²) in [6.07, 6.45) is -0.507. The zero-order chi connectivity index (χ0) is 19.2. The molecule has 0 saturated carbocycles. The highest BCUT2D eigenvalue weighted by molar-refractivity contribution is 5.94. The van der Waals surface area contributed by atoms with Gasteiger partial charge in [-0.1, -0.05) is 0 Å². The van der Waals surface area contributed by atoms with Gasteiger partial charge in [0.15, 0.2) is 11.5 Å². The number of benzene rings is 1. The first-order chi connectivity index (χ1) is 11.6. The first-order valence-corrected chi connectivity index (χ1v) is 8.04. The molecule has 1 atom stereocenters. The number of nitrogens with zero attached hydrogens (tertiary/aromatic N) is 1. The molecule has 1 N–H and O–H groups in total. The molecule has 0 aliphatic rings. The van der Waals surface area contributed by atoms with Crippen LogP contribution in [0.25, 0.3) is 0 Å². The lowest BCUT2D eigenvalue weighted by Crippen LogP contribution is -2.44. The first-order valence-electron chi connectivity index (χ1n) is 8.04. The van der Waals surface area contributed by atoms with Gasteiger partial charge in [-0.2, -0.15) is 0 Å². The van der Waals surface area contributed by atoms with Gasteiger partial charge in [-0.15, -0.1) is 0 Å². The summed E-state index contributed by atoms with van der Waals surface area (Å²) in [7, 11) is 4.73. The molecule has 25 heavy (non-hydrogen) atoms. The molecule has 0 radical (unpaired) electrons. The highest BCUT2D eigenvalue weighted by Gasteiger charge is 2.20. The second-order valence-electron chi connectivity index (χ2n) is 6.80. The Labute approximate surface area is 149 Å². The van der Waals surface area contributed by atoms with Crippen LogP contribution < -0.4 is 14.8 Å². The standard InChI is InChI=1S/C18H28N2O5/c1-12(19-17(22)25-18(2,3)4)11-20(5)16(21)13-8-9-14(23-6)15(10-13)24-7/h8-10,12H,11H2,1-7H3,(H,19,22)/t12-/m1/s1. The third-order valence-electron chi connectivity index (χ3n) is 3.29. The number of hydrogen-bond acceptors (Lipinski definition) is 5. The summed E-state index contributed by atoms with van der Waals surface area (Å²) >= 11 is 0. The van der Waals surface area contributed by atoms with E-state index in [9.17, 15) is 9.59 Å². The topological polar surface area (TPSA) is 77.1 Å². The van der Waals surface area contributed by atoms with Crippen LogP contribution in [0.3, 0.4) is 0 Å². The van der Waals surface area contributed by atoms with Gasteiger partial charge in [0.25, 0.3) is 5.91 Å². The van der Waals surface area contributed by atoms with E-state index >= 15 is 0 Å². The van der Waals surface area contributed by atoms with Crippen LogP contribution in [0, 0.1) is 0 Å². The molecule has 0 aromatic heterocycles. The molecule has 0 aliphatic heterocycles. The number of carbonyl (C=O) groups excluding carboxylic acids is 2. The molecule has 0 spiro atoms. The average molecular weight is 352 g/mol. The zero-order valence-electron chi connectivity index (χ0n) is 16.0. The number of likely N-dealkylation sites (N-methyl/N-ethyl adjacent to an activating group) is 1. The predicted octanol–water partition coefficient (Wildman–Crippen LogP) is 2.69. The summed E-state index contributed by atoms with van der Waals surface area (Å²) < 4.78 is 15.6. The number of amides is 2. The Morgan fingerprint density at radius 2 is 1.76 bits per heavy atom. The fraction of sp³-hybridized carbons (Fsp3) is 0.556. The Kier molecular flexibility index (Phi) is 7.09. The van der Waals surface area contributed by atoms with Crippen molar-refractivity contribution >= 4 is 12.0 Å². The molecule has 0 fully saturated rings. The van der Waals surface area contributed by atoms with Crippen LogP contribution in [0.1, 0.15) is 38.1 Å². The van der Waals surface area contributed by atoms with Gasteiger partial charge in [0.2, 0.25) is 0 Å². The van der Waals surface area contributed by atoms with Gasteiger partial charge < -0.3 is 24.4 Å². The monoisotopic (exact) mass is 352 g/mol. The maximum atomic E-state index is 12.5. The van der Waals surface area contributed by atoms with Gasteiger partial charge in [0, 0.05) is 25.2 Å². The molecule has 0 heterocycles. The number of methoxy groups -OCH3 is 2. The van der Waals surface area contributed by atoms with Crippen molar-refractivity contribution in [1.29, 1.82) is 0 Å². The maximum absolute atomic E-state index is 12.5. The highest BCUT2D eigenvalue weighted by atomic mass is 16.6. The summed E-state index contributed by atoms with van der Waals surface area (Å²) in [6.45, 7) is 7.53. The van der Waals surface area contributed by atoms with Gasteiger partial charge in [-0.05, 0) is 45.9 Å². The fourth-order valence-corrected chi connectivity index (χ4v) is 2.24. The van der Waals surface area contributed by atoms with Crippen molar-refractivity contribution in [2.45, 2.75) is 39.3 Å². The van der Waals surface area contributed by atoms with Crippen molar-refractivity contribution in [1.82, 2.24) is 10.2 Å². The SMILES string of the molecule is COc1ccc(C(=O)N(C)C[C@@H](C)NC(=O)OC(C)(C)C)cc1OC. The number of rotatable bonds is 6. The van der Waals surface area contributed by atoms with Crippen LogP contribution in [0.2, 0.25) is 0 Å². The molecule has 2 amide bonds. The quantitative estimate of drug-likeness (QED) is 0.852. The minimum atomic E-state index is -0.564. The lowest BCUT2D eigenvalue weighted by atomic mass is 10.1. The summed E-state index contributed by atoms with van der Waals surface area (Å²) in [6, 6.07) is 4.72. The summed E-state index contributed by atoms with van der Waals surface area (Å²) in [5, 5.41) is 2.71. The minimum absolute atomic E-state index is 0.182. The largest absolute Gasteiger partial charge is 0.493 e. The number of ether oxygens (including phenoxy) is 3. The lowest BCUT2D eigenvalue weighted by Gasteiger charge is -2.25. The molecule has 1 aromatic carbocycles. The zero-order valence-corrected chi connectivity index (χ0v) is 16.0. The van der Waals surface area contributed by atoms with Crippen molar-refractivity contribution in [3.8, 4) is 11.5 Å². The number of alkyl carbamates (subject to hydrolysis) is 1. The molecular weight excluding hydrogens is 324 g/mol. The van der Waals surface area contributed by atoms with E-state index in [0.717, 1.165) is 0 Å². The minimum Gasteiger partial charge on any atom is -0.493 e. The summed E-state index contributed by atoms with van der Waals surface area (Å²) in [5.74, 6) is 0.863. The molecule has 0 aliphatic carbocycles. The summed E-state index contributed by atoms with van der Waals surface area (Å²) in [5.41, 5.74) is -0.0878. The summed E-state index contributed by atoms with van der Waals surface area (Å²) in [4.78, 5) is 25.9. The van der Waals surface area contributed by atoms with E-state index in [1.54, 1.807) is 46.0 Å². The van der Waals surface area contributed by atoms with Gasteiger partial charge in [0.1, 0.15) is 5.60 Å². The van der Waals surface area contributed by atoms with E-state index in [4.69, 9.17) is 14.2 Å². The van der Waals surface area contributed by atoms with Gasteiger partial charge in [0.05, 0.1) is 14.2 Å². The average Bonchev–Trinajstić information content (AvgIpc) is 2.51. The van der Waals surface area contributed by atoms with Crippen molar-refractivity contribution in [2.24, 2.45) is 0 Å². The lowest BCUT2D eigenvalue weighted by molar-refractivity contribution is 0.0491. The molecule has 0 saturated heterocycles. The van der Waals surface area contributed by atoms with Crippen molar-refractivity contribution in [2.75, 3.05) is 27.8 Å². The number of hydrogen-bond donors (Lipinski definition) is 1. The molecule has 7 heteroatoms. The molecule has 1 aromatic rings. The van der Waals surface area contributed by atoms with E-state index in [-0.39, 0.29) is 11.9 Å². The van der Waals surface area contributed by atoms with Crippen molar-refractivity contribution in [3.05, 3.63) is 23.8 Å². The molecule has 140 valence electrons. The van der Waals surface area contributed by atoms with Crippen molar-refractivity contribution in [3.63, 3.8) is 0 Å². The van der Waals surface area contributed by atoms with E-state index in [0.29, 0.717) is 23.6 Å². The van der Waals surface area contributed by atoms with E-state index in [1.807, 2.05) is 6.92 Å². The highest BCUT2D eigenvalue weighted by Crippen LogP contribution is 2.27. The van der Waals surface area contributed by atoms with E-state index < -0.39 is 11.7 Å². The predicted molar refractivity (Wildman–Crippen MR) is 95.3 cm³/mol. The third kappa shape index (κ3) is 6.52. The molecule has 1 rings (SSSR count).